The van der Waals surface area contributed by atoms with Crippen molar-refractivity contribution in [2.45, 2.75) is 13.8 Å². The Balaban J connectivity index is 2.37. The molecule has 0 saturated heterocycles. The molecule has 0 aliphatic heterocycles. The maximum absolute atomic E-state index is 5.26. The average Bonchev–Trinajstić information content (AvgIpc) is 2.76. The van der Waals surface area contributed by atoms with Gasteiger partial charge in [0.15, 0.2) is 0 Å². The molecule has 0 unspecified atom stereocenters. The smallest absolute Gasteiger partial charge is 0.257 e. The highest BCUT2D eigenvalue weighted by Crippen LogP contribution is 2.26. The molecule has 7 heteroatoms. The van der Waals surface area contributed by atoms with E-state index in [1.165, 1.54) is 4.80 Å². The van der Waals surface area contributed by atoms with Gasteiger partial charge >= 0.3 is 0 Å². The van der Waals surface area contributed by atoms with E-state index in [0.29, 0.717) is 24.1 Å². The van der Waals surface area contributed by atoms with E-state index in [9.17, 15) is 0 Å². The molecule has 0 amide bonds. The van der Waals surface area contributed by atoms with Crippen molar-refractivity contribution in [1.82, 2.24) is 25.4 Å². The number of aromatic nitrogens is 5. The Morgan fingerprint density at radius 3 is 2.87 bits per heavy atom. The minimum atomic E-state index is 0.411. The number of rotatable bonds is 3. The first-order valence-electron chi connectivity index (χ1n) is 4.55. The summed E-state index contributed by atoms with van der Waals surface area (Å²) in [6.45, 7) is 4.27. The van der Waals surface area contributed by atoms with Crippen LogP contribution in [0.4, 0.5) is 0 Å². The molecule has 2 rings (SSSR count). The van der Waals surface area contributed by atoms with Crippen LogP contribution in [0.2, 0.25) is 0 Å². The van der Waals surface area contributed by atoms with E-state index in [1.54, 1.807) is 7.05 Å². The maximum Gasteiger partial charge on any atom is 0.257 e. The second-order valence-corrected chi connectivity index (χ2v) is 2.98. The Bertz CT molecular complexity index is 461. The summed E-state index contributed by atoms with van der Waals surface area (Å²) in [6.07, 6.45) is 0. The third kappa shape index (κ3) is 1.67. The highest BCUT2D eigenvalue weighted by Gasteiger charge is 2.18. The van der Waals surface area contributed by atoms with Gasteiger partial charge in [-0.25, -0.2) is 0 Å². The number of tetrazole rings is 1. The molecular formula is C8H11N5O2. The summed E-state index contributed by atoms with van der Waals surface area (Å²) in [7, 11) is 1.69. The van der Waals surface area contributed by atoms with Crippen molar-refractivity contribution in [2.24, 2.45) is 7.05 Å². The Morgan fingerprint density at radius 2 is 2.27 bits per heavy atom. The minimum Gasteiger partial charge on any atom is -0.476 e. The van der Waals surface area contributed by atoms with E-state index in [4.69, 9.17) is 9.26 Å². The fourth-order valence-corrected chi connectivity index (χ4v) is 1.18. The largest absolute Gasteiger partial charge is 0.476 e. The van der Waals surface area contributed by atoms with Gasteiger partial charge in [0.1, 0.15) is 0 Å². The van der Waals surface area contributed by atoms with Crippen molar-refractivity contribution in [3.63, 3.8) is 0 Å². The molecule has 0 aliphatic carbocycles. The van der Waals surface area contributed by atoms with Gasteiger partial charge in [-0.05, 0) is 24.2 Å². The number of aryl methyl sites for hydroxylation is 1. The highest BCUT2D eigenvalue weighted by molar-refractivity contribution is 5.53. The summed E-state index contributed by atoms with van der Waals surface area (Å²) in [5.74, 6) is 1.37. The zero-order chi connectivity index (χ0) is 10.8. The van der Waals surface area contributed by atoms with Crippen molar-refractivity contribution in [1.29, 1.82) is 0 Å². The number of ether oxygens (including phenoxy) is 1. The van der Waals surface area contributed by atoms with E-state index in [-0.39, 0.29) is 0 Å². The quantitative estimate of drug-likeness (QED) is 0.735. The van der Waals surface area contributed by atoms with Gasteiger partial charge in [0, 0.05) is 0 Å². The molecule has 2 aromatic heterocycles. The van der Waals surface area contributed by atoms with Crippen molar-refractivity contribution in [3.8, 4) is 17.5 Å². The molecule has 0 aromatic carbocycles. The fourth-order valence-electron chi connectivity index (χ4n) is 1.18. The predicted molar refractivity (Wildman–Crippen MR) is 50.2 cm³/mol. The first-order chi connectivity index (χ1) is 7.22. The van der Waals surface area contributed by atoms with E-state index in [1.807, 2.05) is 13.8 Å². The molecule has 0 bridgehead atoms. The van der Waals surface area contributed by atoms with Gasteiger partial charge < -0.3 is 9.26 Å². The van der Waals surface area contributed by atoms with Gasteiger partial charge in [0.2, 0.25) is 11.6 Å². The highest BCUT2D eigenvalue weighted by atomic mass is 16.5. The number of nitrogens with zero attached hydrogens (tertiary/aromatic N) is 5. The third-order valence-electron chi connectivity index (χ3n) is 1.87. The van der Waals surface area contributed by atoms with Crippen LogP contribution >= 0.6 is 0 Å². The number of hydrogen-bond donors (Lipinski definition) is 0. The van der Waals surface area contributed by atoms with Crippen molar-refractivity contribution >= 4 is 0 Å². The molecular weight excluding hydrogens is 198 g/mol. The second-order valence-electron chi connectivity index (χ2n) is 2.98. The lowest BCUT2D eigenvalue weighted by Gasteiger charge is -1.95. The Labute approximate surface area is 86.0 Å². The zero-order valence-corrected chi connectivity index (χ0v) is 8.76. The van der Waals surface area contributed by atoms with Crippen molar-refractivity contribution in [2.75, 3.05) is 6.61 Å². The summed E-state index contributed by atoms with van der Waals surface area (Å²) >= 11 is 0. The van der Waals surface area contributed by atoms with Gasteiger partial charge in [0.25, 0.3) is 5.88 Å². The van der Waals surface area contributed by atoms with Crippen LogP contribution in [-0.4, -0.2) is 32.0 Å². The molecule has 0 radical (unpaired) electrons. The maximum atomic E-state index is 5.26. The SMILES string of the molecule is CCOc1noc(-c2nnn(C)n2)c1C. The van der Waals surface area contributed by atoms with Crippen LogP contribution in [0.15, 0.2) is 4.52 Å². The van der Waals surface area contributed by atoms with Crippen LogP contribution < -0.4 is 4.74 Å². The Morgan fingerprint density at radius 1 is 1.47 bits per heavy atom. The molecule has 15 heavy (non-hydrogen) atoms. The van der Waals surface area contributed by atoms with Crippen molar-refractivity contribution < 1.29 is 9.26 Å². The van der Waals surface area contributed by atoms with E-state index in [2.05, 4.69) is 20.6 Å². The van der Waals surface area contributed by atoms with Crippen LogP contribution in [0.3, 0.4) is 0 Å². The molecule has 0 spiro atoms. The lowest BCUT2D eigenvalue weighted by molar-refractivity contribution is 0.295. The van der Waals surface area contributed by atoms with E-state index < -0.39 is 0 Å². The lowest BCUT2D eigenvalue weighted by atomic mass is 10.3. The van der Waals surface area contributed by atoms with Gasteiger partial charge in [0.05, 0.1) is 19.2 Å². The number of hydrogen-bond acceptors (Lipinski definition) is 6. The Kier molecular flexibility index (Phi) is 2.36. The minimum absolute atomic E-state index is 0.411. The van der Waals surface area contributed by atoms with Gasteiger partial charge in [-0.2, -0.15) is 4.80 Å². The topological polar surface area (TPSA) is 78.9 Å². The standard InChI is InChI=1S/C8H11N5O2/c1-4-14-8-5(2)6(15-11-8)7-9-12-13(3)10-7/h4H2,1-3H3. The molecule has 0 saturated carbocycles. The summed E-state index contributed by atoms with van der Waals surface area (Å²) in [4.78, 5) is 1.36. The molecule has 0 atom stereocenters. The van der Waals surface area contributed by atoms with Crippen LogP contribution in [0, 0.1) is 6.92 Å². The van der Waals surface area contributed by atoms with Crippen molar-refractivity contribution in [3.05, 3.63) is 5.56 Å². The summed E-state index contributed by atoms with van der Waals surface area (Å²) in [5, 5.41) is 15.3. The Hall–Kier alpha value is -1.92. The third-order valence-corrected chi connectivity index (χ3v) is 1.87. The lowest BCUT2D eigenvalue weighted by Crippen LogP contribution is -1.93. The van der Waals surface area contributed by atoms with Crippen LogP contribution in [-0.2, 0) is 7.05 Å². The zero-order valence-electron chi connectivity index (χ0n) is 8.76. The normalized spacial score (nSPS) is 10.6. The van der Waals surface area contributed by atoms with Crippen LogP contribution in [0.25, 0.3) is 11.6 Å². The second kappa shape index (κ2) is 3.68. The van der Waals surface area contributed by atoms with Gasteiger partial charge in [-0.3, -0.25) is 0 Å². The van der Waals surface area contributed by atoms with E-state index >= 15 is 0 Å². The molecule has 2 heterocycles. The summed E-state index contributed by atoms with van der Waals surface area (Å²) < 4.78 is 10.4. The first kappa shape index (κ1) is 9.63. The first-order valence-corrected chi connectivity index (χ1v) is 4.55. The monoisotopic (exact) mass is 209 g/mol. The summed E-state index contributed by atoms with van der Waals surface area (Å²) in [5.41, 5.74) is 0.782. The molecule has 80 valence electrons. The van der Waals surface area contributed by atoms with Crippen LogP contribution in [0.5, 0.6) is 5.88 Å². The predicted octanol–water partition coefficient (Wildman–Crippen LogP) is 0.572. The van der Waals surface area contributed by atoms with Gasteiger partial charge in [-0.15, -0.1) is 10.2 Å². The molecule has 0 fully saturated rings. The fraction of sp³-hybridized carbons (Fsp3) is 0.500. The molecule has 0 aliphatic rings. The molecule has 2 aromatic rings. The summed E-state index contributed by atoms with van der Waals surface area (Å²) in [6, 6.07) is 0. The van der Waals surface area contributed by atoms with Gasteiger partial charge in [-0.1, -0.05) is 0 Å². The van der Waals surface area contributed by atoms with Crippen LogP contribution in [0.1, 0.15) is 12.5 Å². The van der Waals surface area contributed by atoms with E-state index in [0.717, 1.165) is 5.56 Å². The molecule has 7 nitrogen and oxygen atoms in total. The average molecular weight is 209 g/mol. The molecule has 0 N–H and O–H groups in total.